The summed E-state index contributed by atoms with van der Waals surface area (Å²) in [6, 6.07) is 8.97. The summed E-state index contributed by atoms with van der Waals surface area (Å²) < 4.78 is 7.07. The molecule has 1 aromatic carbocycles. The highest BCUT2D eigenvalue weighted by Gasteiger charge is 2.07. The number of imidazole rings is 1. The van der Waals surface area contributed by atoms with E-state index in [1.807, 2.05) is 34.2 Å². The second kappa shape index (κ2) is 5.11. The maximum Gasteiger partial charge on any atom is 0.412 e. The van der Waals surface area contributed by atoms with Gasteiger partial charge in [0, 0.05) is 17.8 Å². The number of rotatable bonds is 3. The number of ether oxygens (including phenoxy) is 1. The summed E-state index contributed by atoms with van der Waals surface area (Å²) in [4.78, 5) is 16.7. The van der Waals surface area contributed by atoms with Gasteiger partial charge in [0.15, 0.2) is 4.96 Å². The van der Waals surface area contributed by atoms with E-state index in [2.05, 4.69) is 10.3 Å². The number of nitrogens with zero attached hydrogens (tertiary/aromatic N) is 2. The maximum absolute atomic E-state index is 11.6. The first-order valence-corrected chi connectivity index (χ1v) is 6.61. The van der Waals surface area contributed by atoms with Crippen molar-refractivity contribution in [3.63, 3.8) is 0 Å². The van der Waals surface area contributed by atoms with E-state index >= 15 is 0 Å². The molecule has 2 aromatic heterocycles. The fourth-order valence-electron chi connectivity index (χ4n) is 1.69. The van der Waals surface area contributed by atoms with Crippen molar-refractivity contribution in [3.05, 3.63) is 53.8 Å². The van der Waals surface area contributed by atoms with Crippen molar-refractivity contribution in [1.29, 1.82) is 0 Å². The van der Waals surface area contributed by atoms with Gasteiger partial charge >= 0.3 is 6.09 Å². The molecule has 0 bridgehead atoms. The van der Waals surface area contributed by atoms with E-state index in [1.54, 1.807) is 18.3 Å². The quantitative estimate of drug-likeness (QED) is 0.798. The summed E-state index contributed by atoms with van der Waals surface area (Å²) in [5, 5.41) is 4.68. The lowest BCUT2D eigenvalue weighted by Crippen LogP contribution is -2.26. The van der Waals surface area contributed by atoms with Crippen molar-refractivity contribution in [2.24, 2.45) is 0 Å². The number of hydrogen-bond acceptors (Lipinski definition) is 4. The predicted octanol–water partition coefficient (Wildman–Crippen LogP) is 2.68. The van der Waals surface area contributed by atoms with Crippen molar-refractivity contribution >= 4 is 22.4 Å². The molecule has 0 aliphatic rings. The molecule has 2 heterocycles. The van der Waals surface area contributed by atoms with Crippen LogP contribution in [0.5, 0.6) is 5.75 Å². The fourth-order valence-corrected chi connectivity index (χ4v) is 2.55. The summed E-state index contributed by atoms with van der Waals surface area (Å²) in [7, 11) is 0. The zero-order valence-corrected chi connectivity index (χ0v) is 10.8. The van der Waals surface area contributed by atoms with Crippen molar-refractivity contribution in [2.75, 3.05) is 0 Å². The molecule has 0 fully saturated rings. The SMILES string of the molecule is O=C(NCc1csc2nccn12)Oc1ccccc1. The molecule has 0 aliphatic carbocycles. The molecule has 0 radical (unpaired) electrons. The highest BCUT2D eigenvalue weighted by atomic mass is 32.1. The van der Waals surface area contributed by atoms with Crippen LogP contribution >= 0.6 is 11.3 Å². The number of benzene rings is 1. The van der Waals surface area contributed by atoms with Gasteiger partial charge in [0.05, 0.1) is 12.2 Å². The molecule has 0 unspecified atom stereocenters. The molecule has 1 amide bonds. The first-order chi connectivity index (χ1) is 9.33. The first kappa shape index (κ1) is 11.7. The Morgan fingerprint density at radius 1 is 1.37 bits per heavy atom. The summed E-state index contributed by atoms with van der Waals surface area (Å²) in [5.41, 5.74) is 0.975. The second-order valence-corrected chi connectivity index (χ2v) is 4.70. The first-order valence-electron chi connectivity index (χ1n) is 5.73. The minimum atomic E-state index is -0.467. The van der Waals surface area contributed by atoms with E-state index in [9.17, 15) is 4.79 Å². The third-order valence-electron chi connectivity index (χ3n) is 2.58. The van der Waals surface area contributed by atoms with Crippen LogP contribution in [0.2, 0.25) is 0 Å². The number of fused-ring (bicyclic) bond motifs is 1. The van der Waals surface area contributed by atoms with Crippen molar-refractivity contribution < 1.29 is 9.53 Å². The third kappa shape index (κ3) is 2.58. The number of amides is 1. The van der Waals surface area contributed by atoms with Gasteiger partial charge in [-0.3, -0.25) is 4.40 Å². The van der Waals surface area contributed by atoms with Crippen LogP contribution in [-0.4, -0.2) is 15.5 Å². The van der Waals surface area contributed by atoms with Crippen LogP contribution in [0.15, 0.2) is 48.1 Å². The topological polar surface area (TPSA) is 55.6 Å². The van der Waals surface area contributed by atoms with Crippen molar-refractivity contribution in [2.45, 2.75) is 6.54 Å². The molecule has 5 nitrogen and oxygen atoms in total. The lowest BCUT2D eigenvalue weighted by molar-refractivity contribution is 0.200. The number of carbonyl (C=O) groups is 1. The van der Waals surface area contributed by atoms with Crippen molar-refractivity contribution in [1.82, 2.24) is 14.7 Å². The molecular weight excluding hydrogens is 262 g/mol. The molecule has 0 spiro atoms. The van der Waals surface area contributed by atoms with E-state index in [0.29, 0.717) is 12.3 Å². The molecule has 3 aromatic rings. The summed E-state index contributed by atoms with van der Waals surface area (Å²) >= 11 is 1.54. The predicted molar refractivity (Wildman–Crippen MR) is 72.4 cm³/mol. The Bertz CT molecular complexity index is 690. The van der Waals surface area contributed by atoms with E-state index in [-0.39, 0.29) is 0 Å². The molecule has 0 aliphatic heterocycles. The van der Waals surface area contributed by atoms with Crippen molar-refractivity contribution in [3.8, 4) is 5.75 Å². The summed E-state index contributed by atoms with van der Waals surface area (Å²) in [5.74, 6) is 0.526. The Labute approximate surface area is 113 Å². The Morgan fingerprint density at radius 3 is 3.05 bits per heavy atom. The average Bonchev–Trinajstić information content (AvgIpc) is 3.01. The van der Waals surface area contributed by atoms with Gasteiger partial charge in [-0.1, -0.05) is 18.2 Å². The van der Waals surface area contributed by atoms with Crippen LogP contribution in [-0.2, 0) is 6.54 Å². The monoisotopic (exact) mass is 273 g/mol. The largest absolute Gasteiger partial charge is 0.412 e. The number of hydrogen-bond donors (Lipinski definition) is 1. The normalized spacial score (nSPS) is 10.5. The lowest BCUT2D eigenvalue weighted by Gasteiger charge is -2.05. The third-order valence-corrected chi connectivity index (χ3v) is 3.49. The van der Waals surface area contributed by atoms with Gasteiger partial charge in [0.2, 0.25) is 0 Å². The van der Waals surface area contributed by atoms with Gasteiger partial charge in [0.25, 0.3) is 0 Å². The minimum Gasteiger partial charge on any atom is -0.410 e. The van der Waals surface area contributed by atoms with Gasteiger partial charge in [-0.2, -0.15) is 0 Å². The van der Waals surface area contributed by atoms with Gasteiger partial charge in [0.1, 0.15) is 5.75 Å². The molecule has 96 valence electrons. The maximum atomic E-state index is 11.6. The molecular formula is C13H11N3O2S. The van der Waals surface area contributed by atoms with Crippen LogP contribution in [0.3, 0.4) is 0 Å². The standard InChI is InChI=1S/C13H11N3O2S/c17-13(18-11-4-2-1-3-5-11)15-8-10-9-19-12-14-6-7-16(10)12/h1-7,9H,8H2,(H,15,17). The number of thiazole rings is 1. The highest BCUT2D eigenvalue weighted by molar-refractivity contribution is 7.15. The van der Waals surface area contributed by atoms with Gasteiger partial charge in [-0.25, -0.2) is 9.78 Å². The molecule has 3 rings (SSSR count). The Kier molecular flexibility index (Phi) is 3.16. The van der Waals surface area contributed by atoms with Gasteiger partial charge in [-0.15, -0.1) is 11.3 Å². The smallest absolute Gasteiger partial charge is 0.410 e. The zero-order chi connectivity index (χ0) is 13.1. The molecule has 6 heteroatoms. The number of carbonyl (C=O) groups excluding carboxylic acids is 1. The van der Waals surface area contributed by atoms with E-state index in [0.717, 1.165) is 10.7 Å². The van der Waals surface area contributed by atoms with E-state index in [1.165, 1.54) is 11.3 Å². The van der Waals surface area contributed by atoms with Crippen LogP contribution in [0.1, 0.15) is 5.69 Å². The van der Waals surface area contributed by atoms with Gasteiger partial charge < -0.3 is 10.1 Å². The van der Waals surface area contributed by atoms with E-state index < -0.39 is 6.09 Å². The zero-order valence-electron chi connectivity index (χ0n) is 9.95. The molecule has 19 heavy (non-hydrogen) atoms. The van der Waals surface area contributed by atoms with Crippen LogP contribution in [0.4, 0.5) is 4.79 Å². The highest BCUT2D eigenvalue weighted by Crippen LogP contribution is 2.14. The lowest BCUT2D eigenvalue weighted by atomic mass is 10.3. The summed E-state index contributed by atoms with van der Waals surface area (Å²) in [6.45, 7) is 0.405. The Hall–Kier alpha value is -2.34. The molecule has 0 saturated heterocycles. The number of para-hydroxylation sites is 1. The van der Waals surface area contributed by atoms with Gasteiger partial charge in [-0.05, 0) is 12.1 Å². The molecule has 0 atom stereocenters. The number of nitrogens with one attached hydrogen (secondary N) is 1. The molecule has 0 saturated carbocycles. The Balaban J connectivity index is 1.60. The average molecular weight is 273 g/mol. The van der Waals surface area contributed by atoms with Crippen LogP contribution in [0.25, 0.3) is 4.96 Å². The molecule has 1 N–H and O–H groups in total. The Morgan fingerprint density at radius 2 is 2.21 bits per heavy atom. The minimum absolute atomic E-state index is 0.405. The van der Waals surface area contributed by atoms with Crippen LogP contribution in [0, 0.1) is 0 Å². The van der Waals surface area contributed by atoms with Crippen LogP contribution < -0.4 is 10.1 Å². The second-order valence-electron chi connectivity index (χ2n) is 3.86. The summed E-state index contributed by atoms with van der Waals surface area (Å²) in [6.07, 6.45) is 3.13. The van der Waals surface area contributed by atoms with E-state index in [4.69, 9.17) is 4.74 Å². The fraction of sp³-hybridized carbons (Fsp3) is 0.0769. The number of aromatic nitrogens is 2.